The normalized spacial score (nSPS) is 10.9. The highest BCUT2D eigenvalue weighted by Gasteiger charge is 2.05. The Balaban J connectivity index is 1.92. The molecule has 2 N–H and O–H groups in total. The van der Waals surface area contributed by atoms with E-state index < -0.39 is 0 Å². The van der Waals surface area contributed by atoms with E-state index in [4.69, 9.17) is 9.52 Å². The third-order valence-corrected chi connectivity index (χ3v) is 3.00. The molecule has 0 bridgehead atoms. The Bertz CT molecular complexity index is 540. The second-order valence-electron chi connectivity index (χ2n) is 4.67. The molecule has 0 radical (unpaired) electrons. The molecule has 0 saturated heterocycles. The Hall–Kier alpha value is -1.65. The molecule has 102 valence electrons. The molecule has 4 heteroatoms. The van der Waals surface area contributed by atoms with E-state index in [2.05, 4.69) is 5.32 Å². The van der Waals surface area contributed by atoms with Gasteiger partial charge >= 0.3 is 0 Å². The molecule has 1 aromatic heterocycles. The number of nitrogens with one attached hydrogen (secondary N) is 1. The lowest BCUT2D eigenvalue weighted by atomic mass is 10.1. The fraction of sp³-hybridized carbons (Fsp3) is 0.333. The van der Waals surface area contributed by atoms with Gasteiger partial charge in [-0.05, 0) is 42.7 Å². The Morgan fingerprint density at radius 2 is 1.74 bits per heavy atom. The van der Waals surface area contributed by atoms with Gasteiger partial charge in [0.15, 0.2) is 0 Å². The first-order valence-electron chi connectivity index (χ1n) is 6.25. The van der Waals surface area contributed by atoms with Crippen molar-refractivity contribution in [2.45, 2.75) is 33.5 Å². The van der Waals surface area contributed by atoms with Crippen LogP contribution >= 0.6 is 0 Å². The number of aliphatic hydroxyl groups is 1. The fourth-order valence-corrected chi connectivity index (χ4v) is 2.07. The van der Waals surface area contributed by atoms with Gasteiger partial charge in [-0.2, -0.15) is 0 Å². The molecule has 0 saturated carbocycles. The molecular weight excluding hydrogens is 245 g/mol. The monoisotopic (exact) mass is 263 g/mol. The summed E-state index contributed by atoms with van der Waals surface area (Å²) in [4.78, 5) is 0. The van der Waals surface area contributed by atoms with Crippen LogP contribution in [0.3, 0.4) is 0 Å². The van der Waals surface area contributed by atoms with Crippen LogP contribution in [0, 0.1) is 19.7 Å². The largest absolute Gasteiger partial charge is 0.462 e. The minimum Gasteiger partial charge on any atom is -0.462 e. The van der Waals surface area contributed by atoms with Crippen LogP contribution in [0.5, 0.6) is 0 Å². The van der Waals surface area contributed by atoms with E-state index in [0.29, 0.717) is 30.0 Å². The number of hydrogen-bond acceptors (Lipinski definition) is 3. The van der Waals surface area contributed by atoms with Crippen molar-refractivity contribution in [3.8, 4) is 0 Å². The first kappa shape index (κ1) is 13.8. The Kier molecular flexibility index (Phi) is 4.35. The van der Waals surface area contributed by atoms with E-state index in [1.54, 1.807) is 19.9 Å². The lowest BCUT2D eigenvalue weighted by Gasteiger charge is -2.07. The van der Waals surface area contributed by atoms with Crippen molar-refractivity contribution < 1.29 is 13.9 Å². The highest BCUT2D eigenvalue weighted by Crippen LogP contribution is 2.15. The fourth-order valence-electron chi connectivity index (χ4n) is 2.07. The molecule has 1 heterocycles. The van der Waals surface area contributed by atoms with E-state index in [-0.39, 0.29) is 12.4 Å². The van der Waals surface area contributed by atoms with E-state index in [1.165, 1.54) is 0 Å². The van der Waals surface area contributed by atoms with Crippen molar-refractivity contribution in [1.82, 2.24) is 5.32 Å². The summed E-state index contributed by atoms with van der Waals surface area (Å²) in [6.07, 6.45) is 0. The second kappa shape index (κ2) is 5.99. The average molecular weight is 263 g/mol. The number of aryl methyl sites for hydroxylation is 2. The van der Waals surface area contributed by atoms with Gasteiger partial charge in [-0.3, -0.25) is 0 Å². The molecule has 2 aromatic rings. The van der Waals surface area contributed by atoms with Crippen LogP contribution in [0.15, 0.2) is 28.7 Å². The topological polar surface area (TPSA) is 45.4 Å². The third-order valence-electron chi connectivity index (χ3n) is 3.00. The maximum Gasteiger partial charge on any atom is 0.129 e. The number of rotatable bonds is 5. The number of benzene rings is 1. The second-order valence-corrected chi connectivity index (χ2v) is 4.67. The van der Waals surface area contributed by atoms with Gasteiger partial charge in [0, 0.05) is 6.54 Å². The standard InChI is InChI=1S/C15H18FNO2/c1-10-5-12(6-11(2)15(10)16)7-17-8-13-3-4-14(9-18)19-13/h3-6,17-18H,7-9H2,1-2H3. The molecule has 2 rings (SSSR count). The molecule has 0 aliphatic rings. The van der Waals surface area contributed by atoms with Gasteiger partial charge in [0.2, 0.25) is 0 Å². The van der Waals surface area contributed by atoms with Crippen molar-refractivity contribution in [1.29, 1.82) is 0 Å². The predicted octanol–water partition coefficient (Wildman–Crippen LogP) is 2.82. The van der Waals surface area contributed by atoms with Crippen LogP contribution in [-0.2, 0) is 19.7 Å². The molecule has 3 nitrogen and oxygen atoms in total. The van der Waals surface area contributed by atoms with Crippen LogP contribution in [0.1, 0.15) is 28.2 Å². The summed E-state index contributed by atoms with van der Waals surface area (Å²) in [6.45, 7) is 4.68. The minimum absolute atomic E-state index is 0.0870. The van der Waals surface area contributed by atoms with Gasteiger partial charge in [0.25, 0.3) is 0 Å². The van der Waals surface area contributed by atoms with Crippen molar-refractivity contribution in [2.24, 2.45) is 0 Å². The van der Waals surface area contributed by atoms with Crippen molar-refractivity contribution >= 4 is 0 Å². The van der Waals surface area contributed by atoms with Gasteiger partial charge in [-0.25, -0.2) is 4.39 Å². The summed E-state index contributed by atoms with van der Waals surface area (Å²) >= 11 is 0. The molecule has 1 aromatic carbocycles. The zero-order valence-corrected chi connectivity index (χ0v) is 11.2. The van der Waals surface area contributed by atoms with E-state index >= 15 is 0 Å². The van der Waals surface area contributed by atoms with Crippen LogP contribution in [0.25, 0.3) is 0 Å². The first-order valence-corrected chi connectivity index (χ1v) is 6.25. The molecule has 0 fully saturated rings. The lowest BCUT2D eigenvalue weighted by Crippen LogP contribution is -2.12. The minimum atomic E-state index is -0.137. The lowest BCUT2D eigenvalue weighted by molar-refractivity contribution is 0.242. The molecular formula is C15H18FNO2. The van der Waals surface area contributed by atoms with Crippen LogP contribution < -0.4 is 5.32 Å². The quantitative estimate of drug-likeness (QED) is 0.872. The summed E-state index contributed by atoms with van der Waals surface area (Å²) in [6, 6.07) is 7.27. The smallest absolute Gasteiger partial charge is 0.129 e. The van der Waals surface area contributed by atoms with Crippen LogP contribution in [0.2, 0.25) is 0 Å². The zero-order valence-electron chi connectivity index (χ0n) is 11.2. The molecule has 0 amide bonds. The van der Waals surface area contributed by atoms with Crippen LogP contribution in [-0.4, -0.2) is 5.11 Å². The predicted molar refractivity (Wildman–Crippen MR) is 71.0 cm³/mol. The molecule has 0 aliphatic carbocycles. The maximum atomic E-state index is 13.5. The van der Waals surface area contributed by atoms with E-state index in [9.17, 15) is 4.39 Å². The van der Waals surface area contributed by atoms with Crippen molar-refractivity contribution in [3.63, 3.8) is 0 Å². The van der Waals surface area contributed by atoms with Crippen LogP contribution in [0.4, 0.5) is 4.39 Å². The van der Waals surface area contributed by atoms with Gasteiger partial charge < -0.3 is 14.8 Å². The Morgan fingerprint density at radius 1 is 1.11 bits per heavy atom. The summed E-state index contributed by atoms with van der Waals surface area (Å²) in [5.41, 5.74) is 2.38. The van der Waals surface area contributed by atoms with Gasteiger partial charge in [-0.1, -0.05) is 12.1 Å². The van der Waals surface area contributed by atoms with E-state index in [0.717, 1.165) is 11.3 Å². The zero-order chi connectivity index (χ0) is 13.8. The molecule has 19 heavy (non-hydrogen) atoms. The Labute approximate surface area is 112 Å². The molecule has 0 spiro atoms. The summed E-state index contributed by atoms with van der Waals surface area (Å²) in [5, 5.41) is 12.1. The van der Waals surface area contributed by atoms with Crippen molar-refractivity contribution in [2.75, 3.05) is 0 Å². The number of furan rings is 1. The summed E-state index contributed by atoms with van der Waals surface area (Å²) in [7, 11) is 0. The Morgan fingerprint density at radius 3 is 2.32 bits per heavy atom. The third kappa shape index (κ3) is 3.43. The molecule has 0 atom stereocenters. The van der Waals surface area contributed by atoms with Gasteiger partial charge in [0.1, 0.15) is 23.9 Å². The van der Waals surface area contributed by atoms with Gasteiger partial charge in [0.05, 0.1) is 6.54 Å². The number of hydrogen-bond donors (Lipinski definition) is 2. The molecule has 0 aliphatic heterocycles. The highest BCUT2D eigenvalue weighted by atomic mass is 19.1. The average Bonchev–Trinajstić information content (AvgIpc) is 2.84. The summed E-state index contributed by atoms with van der Waals surface area (Å²) in [5.74, 6) is 1.20. The highest BCUT2D eigenvalue weighted by molar-refractivity contribution is 5.30. The summed E-state index contributed by atoms with van der Waals surface area (Å²) < 4.78 is 18.8. The van der Waals surface area contributed by atoms with Crippen molar-refractivity contribution in [3.05, 3.63) is 58.3 Å². The maximum absolute atomic E-state index is 13.5. The number of aliphatic hydroxyl groups excluding tert-OH is 1. The number of halogens is 1. The molecule has 0 unspecified atom stereocenters. The SMILES string of the molecule is Cc1cc(CNCc2ccc(CO)o2)cc(C)c1F. The van der Waals surface area contributed by atoms with E-state index in [1.807, 2.05) is 18.2 Å². The first-order chi connectivity index (χ1) is 9.10. The van der Waals surface area contributed by atoms with Gasteiger partial charge in [-0.15, -0.1) is 0 Å².